The standard InChI is InChI=1S/C25H19Cl2N3O3/c1-14-4-3-5-20(15(14)2)29-23(31)16-6-10-18(11-7-16)28-22-21(27)24(32)30(25(22)33)19-12-8-17(26)9-13-19/h3-13,28H,1-2H3,(H,29,31). The van der Waals surface area contributed by atoms with Crippen LogP contribution in [0.4, 0.5) is 17.1 Å². The van der Waals surface area contributed by atoms with Crippen LogP contribution < -0.4 is 15.5 Å². The Kier molecular flexibility index (Phi) is 6.22. The normalized spacial score (nSPS) is 13.5. The topological polar surface area (TPSA) is 78.5 Å². The lowest BCUT2D eigenvalue weighted by atomic mass is 10.1. The van der Waals surface area contributed by atoms with Crippen molar-refractivity contribution in [3.05, 3.63) is 99.2 Å². The Hall–Kier alpha value is -3.61. The summed E-state index contributed by atoms with van der Waals surface area (Å²) in [5.74, 6) is -1.46. The third-order valence-electron chi connectivity index (χ3n) is 5.38. The van der Waals surface area contributed by atoms with Gasteiger partial charge >= 0.3 is 0 Å². The fraction of sp³-hybridized carbons (Fsp3) is 0.0800. The molecule has 1 heterocycles. The predicted molar refractivity (Wildman–Crippen MR) is 131 cm³/mol. The Labute approximate surface area is 200 Å². The first-order valence-corrected chi connectivity index (χ1v) is 10.8. The summed E-state index contributed by atoms with van der Waals surface area (Å²) < 4.78 is 0. The molecular weight excluding hydrogens is 461 g/mol. The van der Waals surface area contributed by atoms with Crippen LogP contribution in [0.15, 0.2) is 77.5 Å². The van der Waals surface area contributed by atoms with E-state index in [1.165, 1.54) is 0 Å². The lowest BCUT2D eigenvalue weighted by Gasteiger charge is -2.15. The van der Waals surface area contributed by atoms with Crippen LogP contribution in [0.3, 0.4) is 0 Å². The van der Waals surface area contributed by atoms with Crippen LogP contribution in [-0.4, -0.2) is 17.7 Å². The molecule has 8 heteroatoms. The zero-order valence-corrected chi connectivity index (χ0v) is 19.3. The van der Waals surface area contributed by atoms with Gasteiger partial charge in [0.25, 0.3) is 17.7 Å². The Morgan fingerprint density at radius 3 is 2.18 bits per heavy atom. The van der Waals surface area contributed by atoms with Crippen molar-refractivity contribution in [1.29, 1.82) is 0 Å². The number of anilines is 3. The smallest absolute Gasteiger partial charge is 0.283 e. The van der Waals surface area contributed by atoms with Gasteiger partial charge in [0.1, 0.15) is 10.7 Å². The second-order valence-electron chi connectivity index (χ2n) is 7.52. The number of nitrogens with one attached hydrogen (secondary N) is 2. The molecule has 0 unspecified atom stereocenters. The summed E-state index contributed by atoms with van der Waals surface area (Å²) in [6.07, 6.45) is 0. The first kappa shape index (κ1) is 22.6. The molecule has 0 atom stereocenters. The average molecular weight is 480 g/mol. The number of carbonyl (C=O) groups is 3. The summed E-state index contributed by atoms with van der Waals surface area (Å²) in [4.78, 5) is 39.0. The summed E-state index contributed by atoms with van der Waals surface area (Å²) in [5, 5.41) is 6.06. The highest BCUT2D eigenvalue weighted by molar-refractivity contribution is 6.53. The summed E-state index contributed by atoms with van der Waals surface area (Å²) in [5.41, 5.74) is 4.11. The SMILES string of the molecule is Cc1cccc(NC(=O)c2ccc(NC3=C(Cl)C(=O)N(c4ccc(Cl)cc4)C3=O)cc2)c1C. The maximum Gasteiger partial charge on any atom is 0.283 e. The number of aryl methyl sites for hydroxylation is 1. The molecule has 0 bridgehead atoms. The molecule has 166 valence electrons. The van der Waals surface area contributed by atoms with Crippen LogP contribution in [0, 0.1) is 13.8 Å². The van der Waals surface area contributed by atoms with E-state index in [0.29, 0.717) is 22.0 Å². The van der Waals surface area contributed by atoms with Crippen molar-refractivity contribution >= 4 is 58.0 Å². The van der Waals surface area contributed by atoms with Crippen molar-refractivity contribution in [2.24, 2.45) is 0 Å². The molecule has 0 saturated carbocycles. The van der Waals surface area contributed by atoms with E-state index >= 15 is 0 Å². The van der Waals surface area contributed by atoms with E-state index in [0.717, 1.165) is 21.7 Å². The Balaban J connectivity index is 1.49. The van der Waals surface area contributed by atoms with Gasteiger partial charge in [0, 0.05) is 22.0 Å². The lowest BCUT2D eigenvalue weighted by molar-refractivity contribution is -0.120. The molecule has 2 N–H and O–H groups in total. The number of hydrogen-bond acceptors (Lipinski definition) is 4. The molecule has 1 aliphatic rings. The summed E-state index contributed by atoms with van der Waals surface area (Å²) in [6, 6.07) is 18.5. The third kappa shape index (κ3) is 4.49. The van der Waals surface area contributed by atoms with Gasteiger partial charge in [-0.2, -0.15) is 0 Å². The van der Waals surface area contributed by atoms with E-state index in [1.54, 1.807) is 48.5 Å². The van der Waals surface area contributed by atoms with Crippen LogP contribution in [-0.2, 0) is 9.59 Å². The number of amides is 3. The molecule has 0 radical (unpaired) electrons. The van der Waals surface area contributed by atoms with Gasteiger partial charge < -0.3 is 10.6 Å². The van der Waals surface area contributed by atoms with Gasteiger partial charge in [0.05, 0.1) is 5.69 Å². The minimum Gasteiger partial charge on any atom is -0.350 e. The minimum atomic E-state index is -0.629. The van der Waals surface area contributed by atoms with Crippen molar-refractivity contribution in [3.63, 3.8) is 0 Å². The monoisotopic (exact) mass is 479 g/mol. The highest BCUT2D eigenvalue weighted by atomic mass is 35.5. The Morgan fingerprint density at radius 1 is 0.848 bits per heavy atom. The van der Waals surface area contributed by atoms with Crippen LogP contribution in [0.2, 0.25) is 5.02 Å². The van der Waals surface area contributed by atoms with Gasteiger partial charge in [0.15, 0.2) is 0 Å². The second kappa shape index (κ2) is 9.10. The first-order valence-electron chi connectivity index (χ1n) is 10.0. The van der Waals surface area contributed by atoms with E-state index < -0.39 is 11.8 Å². The van der Waals surface area contributed by atoms with Crippen LogP contribution in [0.1, 0.15) is 21.5 Å². The van der Waals surface area contributed by atoms with E-state index in [4.69, 9.17) is 23.2 Å². The molecule has 0 fully saturated rings. The number of hydrogen-bond donors (Lipinski definition) is 2. The highest BCUT2D eigenvalue weighted by Crippen LogP contribution is 2.31. The molecule has 4 rings (SSSR count). The van der Waals surface area contributed by atoms with E-state index in [1.807, 2.05) is 32.0 Å². The Morgan fingerprint density at radius 2 is 1.52 bits per heavy atom. The van der Waals surface area contributed by atoms with Crippen LogP contribution >= 0.6 is 23.2 Å². The van der Waals surface area contributed by atoms with Gasteiger partial charge in [-0.25, -0.2) is 4.90 Å². The molecule has 3 aromatic carbocycles. The lowest BCUT2D eigenvalue weighted by Crippen LogP contribution is -2.32. The van der Waals surface area contributed by atoms with Gasteiger partial charge in [-0.3, -0.25) is 14.4 Å². The van der Waals surface area contributed by atoms with Crippen molar-refractivity contribution < 1.29 is 14.4 Å². The molecule has 0 saturated heterocycles. The molecule has 3 aromatic rings. The predicted octanol–water partition coefficient (Wildman–Crippen LogP) is 5.64. The summed E-state index contributed by atoms with van der Waals surface area (Å²) in [6.45, 7) is 3.93. The largest absolute Gasteiger partial charge is 0.350 e. The summed E-state index contributed by atoms with van der Waals surface area (Å²) >= 11 is 12.0. The number of carbonyl (C=O) groups excluding carboxylic acids is 3. The highest BCUT2D eigenvalue weighted by Gasteiger charge is 2.38. The van der Waals surface area contributed by atoms with Gasteiger partial charge in [0.2, 0.25) is 0 Å². The molecule has 33 heavy (non-hydrogen) atoms. The number of rotatable bonds is 5. The van der Waals surface area contributed by atoms with Crippen LogP contribution in [0.25, 0.3) is 0 Å². The number of halogens is 2. The van der Waals surface area contributed by atoms with Crippen molar-refractivity contribution in [1.82, 2.24) is 0 Å². The van der Waals surface area contributed by atoms with Gasteiger partial charge in [-0.05, 0) is 79.6 Å². The average Bonchev–Trinajstić information content (AvgIpc) is 3.01. The quantitative estimate of drug-likeness (QED) is 0.463. The van der Waals surface area contributed by atoms with Crippen molar-refractivity contribution in [2.75, 3.05) is 15.5 Å². The van der Waals surface area contributed by atoms with E-state index in [-0.39, 0.29) is 16.6 Å². The fourth-order valence-electron chi connectivity index (χ4n) is 3.37. The molecule has 0 aromatic heterocycles. The van der Waals surface area contributed by atoms with E-state index in [9.17, 15) is 14.4 Å². The van der Waals surface area contributed by atoms with E-state index in [2.05, 4.69) is 10.6 Å². The number of benzene rings is 3. The molecule has 3 amide bonds. The van der Waals surface area contributed by atoms with Gasteiger partial charge in [-0.1, -0.05) is 35.3 Å². The molecule has 0 aliphatic carbocycles. The molecule has 0 spiro atoms. The molecule has 1 aliphatic heterocycles. The zero-order chi connectivity index (χ0) is 23.7. The molecule has 6 nitrogen and oxygen atoms in total. The zero-order valence-electron chi connectivity index (χ0n) is 17.8. The maximum atomic E-state index is 12.9. The van der Waals surface area contributed by atoms with Crippen molar-refractivity contribution in [3.8, 4) is 0 Å². The number of nitrogens with zero attached hydrogens (tertiary/aromatic N) is 1. The fourth-order valence-corrected chi connectivity index (χ4v) is 3.70. The second-order valence-corrected chi connectivity index (χ2v) is 8.33. The molecular formula is C25H19Cl2N3O3. The van der Waals surface area contributed by atoms with Gasteiger partial charge in [-0.15, -0.1) is 0 Å². The van der Waals surface area contributed by atoms with Crippen LogP contribution in [0.5, 0.6) is 0 Å². The minimum absolute atomic E-state index is 0.0378. The maximum absolute atomic E-state index is 12.9. The Bertz CT molecular complexity index is 1300. The van der Waals surface area contributed by atoms with Crippen molar-refractivity contribution in [2.45, 2.75) is 13.8 Å². The third-order valence-corrected chi connectivity index (χ3v) is 5.98. The first-order chi connectivity index (χ1) is 15.8. The number of imide groups is 1. The summed E-state index contributed by atoms with van der Waals surface area (Å²) in [7, 11) is 0.